The number of carbonyl (C=O) groups excluding carboxylic acids is 3. The summed E-state index contributed by atoms with van der Waals surface area (Å²) in [7, 11) is 0. The fraction of sp³-hybridized carbons (Fsp3) is 0.885. The minimum absolute atomic E-state index is 0.0710. The molecule has 394 valence electrons. The second-order valence-electron chi connectivity index (χ2n) is 20.3. The molecule has 0 aromatic rings. The molecule has 0 amide bonds. The van der Waals surface area contributed by atoms with Gasteiger partial charge in [-0.2, -0.15) is 0 Å². The third kappa shape index (κ3) is 54.7. The Morgan fingerprint density at radius 2 is 0.493 bits per heavy atom. The van der Waals surface area contributed by atoms with Crippen LogP contribution in [-0.2, 0) is 28.6 Å². The van der Waals surface area contributed by atoms with Crippen LogP contribution in [0.1, 0.15) is 329 Å². The van der Waals surface area contributed by atoms with E-state index in [-0.39, 0.29) is 31.1 Å². The zero-order valence-electron chi connectivity index (χ0n) is 45.2. The second kappa shape index (κ2) is 56.5. The van der Waals surface area contributed by atoms with Crippen LogP contribution in [0.25, 0.3) is 0 Å². The molecule has 0 aliphatic rings. The first kappa shape index (κ1) is 64.9. The lowest BCUT2D eigenvalue weighted by atomic mass is 10.0. The van der Waals surface area contributed by atoms with Gasteiger partial charge in [0.15, 0.2) is 6.10 Å². The topological polar surface area (TPSA) is 78.9 Å². The highest BCUT2D eigenvalue weighted by Crippen LogP contribution is 2.17. The summed E-state index contributed by atoms with van der Waals surface area (Å²) in [6.45, 7) is 6.66. The first-order valence-corrected chi connectivity index (χ1v) is 29.8. The molecule has 0 spiro atoms. The molecule has 6 heteroatoms. The van der Waals surface area contributed by atoms with E-state index >= 15 is 0 Å². The molecule has 0 aliphatic carbocycles. The highest BCUT2D eigenvalue weighted by Gasteiger charge is 2.19. The Morgan fingerprint density at radius 3 is 0.761 bits per heavy atom. The van der Waals surface area contributed by atoms with E-state index < -0.39 is 6.10 Å². The van der Waals surface area contributed by atoms with E-state index in [9.17, 15) is 14.4 Å². The molecule has 0 saturated heterocycles. The molecule has 6 nitrogen and oxygen atoms in total. The maximum absolute atomic E-state index is 12.9. The number of ether oxygens (including phenoxy) is 3. The smallest absolute Gasteiger partial charge is 0.306 e. The van der Waals surface area contributed by atoms with Crippen molar-refractivity contribution in [2.45, 2.75) is 335 Å². The van der Waals surface area contributed by atoms with Gasteiger partial charge in [0.05, 0.1) is 0 Å². The van der Waals surface area contributed by atoms with Crippen LogP contribution < -0.4 is 0 Å². The number of hydrogen-bond acceptors (Lipinski definition) is 6. The van der Waals surface area contributed by atoms with Gasteiger partial charge >= 0.3 is 17.9 Å². The summed E-state index contributed by atoms with van der Waals surface area (Å²) in [6.07, 6.45) is 66.0. The van der Waals surface area contributed by atoms with Crippen LogP contribution in [0.3, 0.4) is 0 Å². The molecule has 0 fully saturated rings. The lowest BCUT2D eigenvalue weighted by Crippen LogP contribution is -2.30. The summed E-state index contributed by atoms with van der Waals surface area (Å²) in [5, 5.41) is 0. The Kier molecular flexibility index (Phi) is 54.7. The molecule has 0 aromatic heterocycles. The average Bonchev–Trinajstić information content (AvgIpc) is 3.33. The summed E-state index contributed by atoms with van der Waals surface area (Å²) in [5.74, 6) is -0.863. The maximum atomic E-state index is 12.9. The molecule has 0 rings (SSSR count). The summed E-state index contributed by atoms with van der Waals surface area (Å²) < 4.78 is 16.9. The van der Waals surface area contributed by atoms with Crippen molar-refractivity contribution >= 4 is 17.9 Å². The molecule has 0 radical (unpaired) electrons. The van der Waals surface area contributed by atoms with Gasteiger partial charge in [-0.3, -0.25) is 14.4 Å². The molecular formula is C61H114O6. The Balaban J connectivity index is 4.32. The van der Waals surface area contributed by atoms with Crippen LogP contribution >= 0.6 is 0 Å². The highest BCUT2D eigenvalue weighted by molar-refractivity contribution is 5.71. The first-order valence-electron chi connectivity index (χ1n) is 29.8. The quantitative estimate of drug-likeness (QED) is 0.0262. The number of esters is 3. The molecular weight excluding hydrogens is 829 g/mol. The van der Waals surface area contributed by atoms with E-state index in [1.165, 1.54) is 225 Å². The number of unbranched alkanes of at least 4 members (excludes halogenated alkanes) is 40. The summed E-state index contributed by atoms with van der Waals surface area (Å²) in [5.41, 5.74) is 0. The van der Waals surface area contributed by atoms with Crippen LogP contribution in [0.5, 0.6) is 0 Å². The van der Waals surface area contributed by atoms with E-state index in [0.717, 1.165) is 64.2 Å². The van der Waals surface area contributed by atoms with Gasteiger partial charge < -0.3 is 14.2 Å². The fourth-order valence-electron chi connectivity index (χ4n) is 8.91. The van der Waals surface area contributed by atoms with Crippen molar-refractivity contribution in [3.63, 3.8) is 0 Å². The first-order chi connectivity index (χ1) is 33.0. The molecule has 0 saturated carbocycles. The summed E-state index contributed by atoms with van der Waals surface area (Å²) in [4.78, 5) is 38.2. The molecule has 0 aliphatic heterocycles. The van der Waals surface area contributed by atoms with E-state index in [4.69, 9.17) is 14.2 Å². The minimum Gasteiger partial charge on any atom is -0.462 e. The van der Waals surface area contributed by atoms with Crippen molar-refractivity contribution in [1.29, 1.82) is 0 Å². The fourth-order valence-corrected chi connectivity index (χ4v) is 8.91. The number of rotatable bonds is 55. The van der Waals surface area contributed by atoms with E-state index in [1.54, 1.807) is 0 Å². The molecule has 0 unspecified atom stereocenters. The standard InChI is InChI=1S/C61H114O6/c1-4-7-10-13-16-19-22-25-28-29-30-31-34-36-39-42-45-48-51-54-60(63)66-57-58(67-61(64)55-52-49-46-43-40-37-33-27-24-21-18-15-12-9-6-3)56-65-59(62)53-50-47-44-41-38-35-32-26-23-20-17-14-11-8-5-2/h21,24,26,32,58H,4-20,22-23,25,27-31,33-57H2,1-3H3/b24-21-,32-26-/t58-/m1/s1. The third-order valence-electron chi connectivity index (χ3n) is 13.4. The molecule has 0 heterocycles. The largest absolute Gasteiger partial charge is 0.462 e. The average molecular weight is 944 g/mol. The molecule has 1 atom stereocenters. The van der Waals surface area contributed by atoms with E-state index in [1.807, 2.05) is 0 Å². The van der Waals surface area contributed by atoms with Gasteiger partial charge in [0.2, 0.25) is 0 Å². The van der Waals surface area contributed by atoms with Gasteiger partial charge in [0, 0.05) is 19.3 Å². The number of allylic oxidation sites excluding steroid dienone is 4. The Morgan fingerprint density at radius 1 is 0.284 bits per heavy atom. The molecule has 67 heavy (non-hydrogen) atoms. The van der Waals surface area contributed by atoms with Crippen LogP contribution in [0, 0.1) is 0 Å². The third-order valence-corrected chi connectivity index (χ3v) is 13.4. The second-order valence-corrected chi connectivity index (χ2v) is 20.3. The normalized spacial score (nSPS) is 12.1. The van der Waals surface area contributed by atoms with Crippen LogP contribution in [-0.4, -0.2) is 37.2 Å². The molecule has 0 N–H and O–H groups in total. The predicted molar refractivity (Wildman–Crippen MR) is 289 cm³/mol. The zero-order chi connectivity index (χ0) is 48.6. The Labute approximate surface area is 417 Å². The van der Waals surface area contributed by atoms with Gasteiger partial charge in [-0.1, -0.05) is 263 Å². The van der Waals surface area contributed by atoms with Crippen LogP contribution in [0.2, 0.25) is 0 Å². The summed E-state index contributed by atoms with van der Waals surface area (Å²) in [6, 6.07) is 0. The monoisotopic (exact) mass is 943 g/mol. The minimum atomic E-state index is -0.773. The van der Waals surface area contributed by atoms with Crippen molar-refractivity contribution in [2.24, 2.45) is 0 Å². The van der Waals surface area contributed by atoms with Gasteiger partial charge in [-0.15, -0.1) is 0 Å². The van der Waals surface area contributed by atoms with E-state index in [2.05, 4.69) is 45.1 Å². The van der Waals surface area contributed by atoms with Crippen LogP contribution in [0.15, 0.2) is 24.3 Å². The molecule has 0 aromatic carbocycles. The Bertz CT molecular complexity index is 1080. The zero-order valence-corrected chi connectivity index (χ0v) is 45.2. The van der Waals surface area contributed by atoms with Crippen molar-refractivity contribution in [1.82, 2.24) is 0 Å². The maximum Gasteiger partial charge on any atom is 0.306 e. The van der Waals surface area contributed by atoms with Gasteiger partial charge in [-0.25, -0.2) is 0 Å². The SMILES string of the molecule is CCCCCC/C=C\CCCCCCCCCC(=O)O[C@H](COC(=O)CCCCCCC/C=C\CCCCCCCC)COC(=O)CCCCCCCCCCCCCCCCCCCCC. The lowest BCUT2D eigenvalue weighted by Gasteiger charge is -2.18. The van der Waals surface area contributed by atoms with Crippen molar-refractivity contribution < 1.29 is 28.6 Å². The predicted octanol–water partition coefficient (Wildman–Crippen LogP) is 19.9. The molecule has 0 bridgehead atoms. The van der Waals surface area contributed by atoms with Crippen molar-refractivity contribution in [2.75, 3.05) is 13.2 Å². The van der Waals surface area contributed by atoms with Gasteiger partial charge in [0.1, 0.15) is 13.2 Å². The van der Waals surface area contributed by atoms with Crippen LogP contribution in [0.4, 0.5) is 0 Å². The number of carbonyl (C=O) groups is 3. The van der Waals surface area contributed by atoms with Gasteiger partial charge in [-0.05, 0) is 70.6 Å². The summed E-state index contributed by atoms with van der Waals surface area (Å²) >= 11 is 0. The highest BCUT2D eigenvalue weighted by atomic mass is 16.6. The van der Waals surface area contributed by atoms with Gasteiger partial charge in [0.25, 0.3) is 0 Å². The van der Waals surface area contributed by atoms with Crippen molar-refractivity contribution in [3.8, 4) is 0 Å². The number of hydrogen-bond donors (Lipinski definition) is 0. The Hall–Kier alpha value is -2.11. The van der Waals surface area contributed by atoms with E-state index in [0.29, 0.717) is 19.3 Å². The lowest BCUT2D eigenvalue weighted by molar-refractivity contribution is -0.167. The van der Waals surface area contributed by atoms with Crippen molar-refractivity contribution in [3.05, 3.63) is 24.3 Å².